The minimum Gasteiger partial charge on any atom is -0.328 e. The van der Waals surface area contributed by atoms with E-state index in [9.17, 15) is 0 Å². The molecule has 0 saturated heterocycles. The Hall–Kier alpha value is -0.130. The van der Waals surface area contributed by atoms with Gasteiger partial charge in [0.05, 0.1) is 0 Å². The van der Waals surface area contributed by atoms with Gasteiger partial charge in [-0.2, -0.15) is 0 Å². The van der Waals surface area contributed by atoms with Crippen molar-refractivity contribution < 1.29 is 14.3 Å². The van der Waals surface area contributed by atoms with Crippen molar-refractivity contribution in [2.24, 2.45) is 0 Å². The molecular formula is C3H5O3P. The maximum Gasteiger partial charge on any atom is 0.327 e. The first-order chi connectivity index (χ1) is 3.27. The van der Waals surface area contributed by atoms with Crippen molar-refractivity contribution in [2.45, 2.75) is 0 Å². The molecule has 2 N–H and O–H groups in total. The highest BCUT2D eigenvalue weighted by atomic mass is 31.2. The topological polar surface area (TPSA) is 49.7 Å². The fourth-order valence-electron chi connectivity index (χ4n) is 0.0950. The third-order valence-corrected chi connectivity index (χ3v) is 0.623. The zero-order valence-electron chi connectivity index (χ0n) is 3.53. The van der Waals surface area contributed by atoms with Gasteiger partial charge in [-0.1, -0.05) is 5.92 Å². The first-order valence-electron chi connectivity index (χ1n) is 1.51. The van der Waals surface area contributed by atoms with Gasteiger partial charge in [0.25, 0.3) is 0 Å². The van der Waals surface area contributed by atoms with Gasteiger partial charge in [-0.15, -0.1) is 6.42 Å². The van der Waals surface area contributed by atoms with Crippen LogP contribution in [0.5, 0.6) is 0 Å². The minimum absolute atomic E-state index is 0.0430. The third kappa shape index (κ3) is 5.87. The summed E-state index contributed by atoms with van der Waals surface area (Å²) >= 11 is 0. The molecule has 0 aromatic heterocycles. The molecule has 0 aliphatic carbocycles. The van der Waals surface area contributed by atoms with Crippen LogP contribution in [0.1, 0.15) is 0 Å². The van der Waals surface area contributed by atoms with Crippen LogP contribution in [0.15, 0.2) is 0 Å². The molecule has 7 heavy (non-hydrogen) atoms. The normalized spacial score (nSPS) is 8.86. The standard InChI is InChI=1S/C3H5O3P/c1-2-3-6-7(4)5/h1,4-5H,3H2. The molecule has 0 saturated carbocycles. The highest BCUT2D eigenvalue weighted by molar-refractivity contribution is 7.39. The van der Waals surface area contributed by atoms with Crippen molar-refractivity contribution in [1.82, 2.24) is 0 Å². The van der Waals surface area contributed by atoms with Crippen LogP contribution in [0.4, 0.5) is 0 Å². The molecule has 0 spiro atoms. The second-order valence-electron chi connectivity index (χ2n) is 0.730. The lowest BCUT2D eigenvalue weighted by Gasteiger charge is -1.94. The van der Waals surface area contributed by atoms with Crippen LogP contribution in [-0.4, -0.2) is 16.4 Å². The van der Waals surface area contributed by atoms with Gasteiger partial charge in [0.1, 0.15) is 6.61 Å². The molecule has 0 aromatic rings. The molecule has 0 aromatic carbocycles. The summed E-state index contributed by atoms with van der Waals surface area (Å²) in [6, 6.07) is 0. The second-order valence-corrected chi connectivity index (χ2v) is 1.49. The van der Waals surface area contributed by atoms with Crippen molar-refractivity contribution in [1.29, 1.82) is 0 Å². The first kappa shape index (κ1) is 6.87. The molecule has 0 aliphatic heterocycles. The Bertz CT molecular complexity index is 74.7. The van der Waals surface area contributed by atoms with Crippen molar-refractivity contribution in [2.75, 3.05) is 6.61 Å². The predicted octanol–water partition coefficient (Wildman–Crippen LogP) is -0.152. The summed E-state index contributed by atoms with van der Waals surface area (Å²) in [6.45, 7) is -0.0430. The van der Waals surface area contributed by atoms with Gasteiger partial charge in [0.15, 0.2) is 0 Å². The molecule has 0 atom stereocenters. The minimum atomic E-state index is -2.25. The largest absolute Gasteiger partial charge is 0.328 e. The van der Waals surface area contributed by atoms with Gasteiger partial charge in [0, 0.05) is 0 Å². The zero-order valence-corrected chi connectivity index (χ0v) is 4.43. The summed E-state index contributed by atoms with van der Waals surface area (Å²) < 4.78 is 4.13. The van der Waals surface area contributed by atoms with Gasteiger partial charge in [-0.25, -0.2) is 0 Å². The van der Waals surface area contributed by atoms with Crippen molar-refractivity contribution in [3.63, 3.8) is 0 Å². The lowest BCUT2D eigenvalue weighted by Crippen LogP contribution is -1.81. The average molecular weight is 120 g/mol. The monoisotopic (exact) mass is 120 g/mol. The van der Waals surface area contributed by atoms with E-state index >= 15 is 0 Å². The van der Waals surface area contributed by atoms with Crippen LogP contribution in [0.3, 0.4) is 0 Å². The summed E-state index contributed by atoms with van der Waals surface area (Å²) in [5.41, 5.74) is 0. The lowest BCUT2D eigenvalue weighted by molar-refractivity contribution is 0.286. The number of hydrogen-bond acceptors (Lipinski definition) is 3. The highest BCUT2D eigenvalue weighted by Gasteiger charge is 1.92. The predicted molar refractivity (Wildman–Crippen MR) is 26.1 cm³/mol. The molecule has 0 radical (unpaired) electrons. The SMILES string of the molecule is C#CCOP(O)O. The molecule has 0 aliphatic rings. The summed E-state index contributed by atoms with van der Waals surface area (Å²) in [5, 5.41) is 0. The van der Waals surface area contributed by atoms with Gasteiger partial charge >= 0.3 is 8.60 Å². The fraction of sp³-hybridized carbons (Fsp3) is 0.333. The fourth-order valence-corrected chi connectivity index (χ4v) is 0.285. The number of rotatable bonds is 2. The second kappa shape index (κ2) is 4.04. The molecule has 0 rings (SSSR count). The quantitative estimate of drug-likeness (QED) is 0.393. The van der Waals surface area contributed by atoms with E-state index in [2.05, 4.69) is 16.9 Å². The van der Waals surface area contributed by atoms with Crippen LogP contribution >= 0.6 is 8.60 Å². The Morgan fingerprint density at radius 1 is 1.71 bits per heavy atom. The van der Waals surface area contributed by atoms with E-state index in [-0.39, 0.29) is 6.61 Å². The summed E-state index contributed by atoms with van der Waals surface area (Å²) in [6.07, 6.45) is 4.69. The van der Waals surface area contributed by atoms with E-state index in [1.807, 2.05) is 0 Å². The van der Waals surface area contributed by atoms with Crippen LogP contribution in [0, 0.1) is 12.3 Å². The first-order valence-corrected chi connectivity index (χ1v) is 2.68. The lowest BCUT2D eigenvalue weighted by atomic mass is 10.8. The van der Waals surface area contributed by atoms with Crippen molar-refractivity contribution in [3.05, 3.63) is 0 Å². The van der Waals surface area contributed by atoms with Gasteiger partial charge in [-0.05, 0) is 0 Å². The third-order valence-electron chi connectivity index (χ3n) is 0.263. The number of hydrogen-bond donors (Lipinski definition) is 2. The Kier molecular flexibility index (Phi) is 3.97. The maximum atomic E-state index is 7.99. The zero-order chi connectivity index (χ0) is 5.70. The maximum absolute atomic E-state index is 7.99. The van der Waals surface area contributed by atoms with E-state index in [0.717, 1.165) is 0 Å². The molecule has 0 bridgehead atoms. The van der Waals surface area contributed by atoms with Gasteiger partial charge < -0.3 is 9.79 Å². The van der Waals surface area contributed by atoms with Crippen LogP contribution < -0.4 is 0 Å². The van der Waals surface area contributed by atoms with Gasteiger partial charge in [0.2, 0.25) is 0 Å². The Morgan fingerprint density at radius 2 is 2.29 bits per heavy atom. The average Bonchev–Trinajstić information content (AvgIpc) is 1.61. The number of terminal acetylenes is 1. The molecule has 0 amide bonds. The van der Waals surface area contributed by atoms with E-state index in [1.54, 1.807) is 0 Å². The van der Waals surface area contributed by atoms with Crippen LogP contribution in [0.2, 0.25) is 0 Å². The molecule has 0 heterocycles. The van der Waals surface area contributed by atoms with E-state index in [4.69, 9.17) is 9.79 Å². The summed E-state index contributed by atoms with van der Waals surface area (Å²) in [5.74, 6) is 2.07. The Balaban J connectivity index is 2.86. The Morgan fingerprint density at radius 3 is 2.43 bits per heavy atom. The molecule has 4 heteroatoms. The summed E-state index contributed by atoms with van der Waals surface area (Å²) in [4.78, 5) is 16.0. The molecule has 0 unspecified atom stereocenters. The van der Waals surface area contributed by atoms with Gasteiger partial charge in [-0.3, -0.25) is 4.52 Å². The van der Waals surface area contributed by atoms with Crippen LogP contribution in [0.25, 0.3) is 0 Å². The molecular weight excluding hydrogens is 115 g/mol. The summed E-state index contributed by atoms with van der Waals surface area (Å²) in [7, 11) is -2.25. The molecule has 40 valence electrons. The highest BCUT2D eigenvalue weighted by Crippen LogP contribution is 2.22. The van der Waals surface area contributed by atoms with E-state index in [1.165, 1.54) is 0 Å². The van der Waals surface area contributed by atoms with Crippen LogP contribution in [-0.2, 0) is 4.52 Å². The van der Waals surface area contributed by atoms with Crippen molar-refractivity contribution >= 4 is 8.60 Å². The molecule has 3 nitrogen and oxygen atoms in total. The van der Waals surface area contributed by atoms with E-state index in [0.29, 0.717) is 0 Å². The Labute approximate surface area is 42.9 Å². The molecule has 0 fully saturated rings. The van der Waals surface area contributed by atoms with Crippen molar-refractivity contribution in [3.8, 4) is 12.3 Å². The van der Waals surface area contributed by atoms with E-state index < -0.39 is 8.60 Å². The smallest absolute Gasteiger partial charge is 0.327 e.